The molecule has 2 N–H and O–H groups in total. The Morgan fingerprint density at radius 1 is 1.19 bits per heavy atom. The van der Waals surface area contributed by atoms with Crippen molar-refractivity contribution in [3.05, 3.63) is 33.6 Å². The third-order valence-corrected chi connectivity index (χ3v) is 7.69. The lowest BCUT2D eigenvalue weighted by Gasteiger charge is -2.17. The van der Waals surface area contributed by atoms with Gasteiger partial charge in [-0.05, 0) is 45.9 Å². The Hall–Kier alpha value is -1.22. The molecular weight excluding hydrogens is 415 g/mol. The smallest absolute Gasteiger partial charge is 0.321 e. The van der Waals surface area contributed by atoms with Crippen molar-refractivity contribution in [1.29, 1.82) is 0 Å². The zero-order valence-electron chi connectivity index (χ0n) is 15.4. The largest absolute Gasteiger partial charge is 0.366 e. The van der Waals surface area contributed by atoms with Crippen molar-refractivity contribution in [2.24, 2.45) is 0 Å². The lowest BCUT2D eigenvalue weighted by molar-refractivity contribution is 0.229. The molecule has 0 spiro atoms. The fourth-order valence-corrected chi connectivity index (χ4v) is 5.94. The molecule has 2 aromatic rings. The van der Waals surface area contributed by atoms with Gasteiger partial charge in [-0.15, -0.1) is 0 Å². The van der Waals surface area contributed by atoms with Crippen LogP contribution in [0.4, 0.5) is 0 Å². The number of rotatable bonds is 8. The highest BCUT2D eigenvalue weighted by atomic mass is 35.5. The van der Waals surface area contributed by atoms with E-state index in [2.05, 4.69) is 9.71 Å². The molecule has 0 amide bonds. The highest BCUT2D eigenvalue weighted by Gasteiger charge is 2.31. The van der Waals surface area contributed by atoms with Crippen molar-refractivity contribution < 1.29 is 22.0 Å². The van der Waals surface area contributed by atoms with E-state index in [1.165, 1.54) is 18.2 Å². The van der Waals surface area contributed by atoms with Crippen LogP contribution in [0.3, 0.4) is 0 Å². The van der Waals surface area contributed by atoms with Crippen molar-refractivity contribution in [2.75, 3.05) is 13.2 Å². The van der Waals surface area contributed by atoms with Crippen LogP contribution in [0, 0.1) is 0 Å². The van der Waals surface area contributed by atoms with E-state index in [1.54, 1.807) is 27.7 Å². The standard InChI is InChI=1S/C16H22ClN2O6PS/c1-5-24-26(21,25-6-2)14-7-11-8-15(27(22,23)19-10(3)4)12(17)9-13(11)18-16(14)20/h7-10,19H,5-6H2,1-4H3,(H,18,20). The molecule has 0 fully saturated rings. The number of aromatic amines is 1. The van der Waals surface area contributed by atoms with Crippen LogP contribution in [0.1, 0.15) is 27.7 Å². The number of hydrogen-bond donors (Lipinski definition) is 2. The van der Waals surface area contributed by atoms with Gasteiger partial charge < -0.3 is 14.0 Å². The van der Waals surface area contributed by atoms with Crippen LogP contribution in [0.5, 0.6) is 0 Å². The highest BCUT2D eigenvalue weighted by molar-refractivity contribution is 7.89. The van der Waals surface area contributed by atoms with E-state index in [-0.39, 0.29) is 34.5 Å². The Kier molecular flexibility index (Phi) is 6.89. The van der Waals surface area contributed by atoms with Crippen molar-refractivity contribution in [1.82, 2.24) is 9.71 Å². The molecular formula is C16H22ClN2O6PS. The van der Waals surface area contributed by atoms with E-state index >= 15 is 0 Å². The maximum Gasteiger partial charge on any atom is 0.366 e. The molecule has 0 saturated heterocycles. The molecule has 11 heteroatoms. The van der Waals surface area contributed by atoms with Crippen LogP contribution < -0.4 is 15.6 Å². The van der Waals surface area contributed by atoms with Gasteiger partial charge in [-0.2, -0.15) is 0 Å². The first kappa shape index (κ1) is 22.1. The second-order valence-electron chi connectivity index (χ2n) is 5.96. The van der Waals surface area contributed by atoms with Crippen LogP contribution in [-0.4, -0.2) is 32.7 Å². The molecule has 2 rings (SSSR count). The predicted octanol–water partition coefficient (Wildman–Crippen LogP) is 2.76. The molecule has 0 radical (unpaired) electrons. The summed E-state index contributed by atoms with van der Waals surface area (Å²) in [7, 11) is -7.71. The van der Waals surface area contributed by atoms with Crippen LogP contribution >= 0.6 is 19.2 Å². The number of sulfonamides is 1. The zero-order chi connectivity index (χ0) is 20.4. The van der Waals surface area contributed by atoms with Gasteiger partial charge in [0.05, 0.1) is 18.2 Å². The number of pyridine rings is 1. The van der Waals surface area contributed by atoms with Crippen molar-refractivity contribution in [3.8, 4) is 0 Å². The molecule has 0 aliphatic heterocycles. The van der Waals surface area contributed by atoms with Gasteiger partial charge in [0, 0.05) is 16.9 Å². The van der Waals surface area contributed by atoms with Crippen molar-refractivity contribution >= 4 is 45.4 Å². The first-order valence-corrected chi connectivity index (χ1v) is 11.7. The maximum atomic E-state index is 13.0. The lowest BCUT2D eigenvalue weighted by Crippen LogP contribution is -2.31. The molecule has 8 nitrogen and oxygen atoms in total. The van der Waals surface area contributed by atoms with Gasteiger partial charge >= 0.3 is 7.60 Å². The van der Waals surface area contributed by atoms with Gasteiger partial charge in [0.15, 0.2) is 0 Å². The number of aromatic nitrogens is 1. The topological polar surface area (TPSA) is 115 Å². The second kappa shape index (κ2) is 8.43. The molecule has 0 aliphatic rings. The quantitative estimate of drug-likeness (QED) is 0.615. The van der Waals surface area contributed by atoms with Crippen molar-refractivity contribution in [3.63, 3.8) is 0 Å². The van der Waals surface area contributed by atoms with Crippen LogP contribution in [0.25, 0.3) is 10.9 Å². The molecule has 1 heterocycles. The highest BCUT2D eigenvalue weighted by Crippen LogP contribution is 2.46. The summed E-state index contributed by atoms with van der Waals surface area (Å²) in [5.41, 5.74) is -0.350. The van der Waals surface area contributed by atoms with E-state index in [9.17, 15) is 17.8 Å². The van der Waals surface area contributed by atoms with E-state index in [4.69, 9.17) is 20.6 Å². The first-order valence-electron chi connectivity index (χ1n) is 8.32. The predicted molar refractivity (Wildman–Crippen MR) is 106 cm³/mol. The minimum atomic E-state index is -3.87. The zero-order valence-corrected chi connectivity index (χ0v) is 17.9. The van der Waals surface area contributed by atoms with Gasteiger partial charge in [-0.3, -0.25) is 9.36 Å². The van der Waals surface area contributed by atoms with Gasteiger partial charge in [-0.25, -0.2) is 13.1 Å². The van der Waals surface area contributed by atoms with Crippen LogP contribution in [0.2, 0.25) is 5.02 Å². The minimum absolute atomic E-state index is 0.0446. The van der Waals surface area contributed by atoms with E-state index in [0.717, 1.165) is 0 Å². The summed E-state index contributed by atoms with van der Waals surface area (Å²) in [5.74, 6) is 0. The molecule has 1 aromatic carbocycles. The van der Waals surface area contributed by atoms with Gasteiger partial charge in [0.1, 0.15) is 10.2 Å². The number of halogens is 1. The fourth-order valence-electron chi connectivity index (χ4n) is 2.50. The minimum Gasteiger partial charge on any atom is -0.321 e. The Balaban J connectivity index is 2.72. The molecule has 0 aliphatic carbocycles. The monoisotopic (exact) mass is 436 g/mol. The summed E-state index contributed by atoms with van der Waals surface area (Å²) in [4.78, 5) is 14.8. The molecule has 0 bridgehead atoms. The van der Waals surface area contributed by atoms with Gasteiger partial charge in [0.2, 0.25) is 10.0 Å². The number of nitrogens with one attached hydrogen (secondary N) is 2. The summed E-state index contributed by atoms with van der Waals surface area (Å²) in [6.07, 6.45) is 0. The summed E-state index contributed by atoms with van der Waals surface area (Å²) in [6, 6.07) is 3.63. The second-order valence-corrected chi connectivity index (χ2v) is 10.0. The molecule has 1 aromatic heterocycles. The molecule has 27 heavy (non-hydrogen) atoms. The van der Waals surface area contributed by atoms with Gasteiger partial charge in [0.25, 0.3) is 5.56 Å². The van der Waals surface area contributed by atoms with Crippen molar-refractivity contribution in [2.45, 2.75) is 38.6 Å². The van der Waals surface area contributed by atoms with Crippen LogP contribution in [-0.2, 0) is 23.6 Å². The molecule has 0 saturated carbocycles. The number of H-pyrrole nitrogens is 1. The SMILES string of the molecule is CCOP(=O)(OCC)c1cc2cc(S(=O)(=O)NC(C)C)c(Cl)cc2[nH]c1=O. The Morgan fingerprint density at radius 3 is 2.30 bits per heavy atom. The molecule has 0 atom stereocenters. The number of fused-ring (bicyclic) bond motifs is 1. The number of hydrogen-bond acceptors (Lipinski definition) is 6. The van der Waals surface area contributed by atoms with Gasteiger partial charge in [-0.1, -0.05) is 11.6 Å². The average Bonchev–Trinajstić information content (AvgIpc) is 2.52. The maximum absolute atomic E-state index is 13.0. The lowest BCUT2D eigenvalue weighted by atomic mass is 10.2. The Morgan fingerprint density at radius 2 is 1.78 bits per heavy atom. The van der Waals surface area contributed by atoms with E-state index in [0.29, 0.717) is 10.9 Å². The summed E-state index contributed by atoms with van der Waals surface area (Å²) in [6.45, 7) is 6.78. The van der Waals surface area contributed by atoms with E-state index in [1.807, 2.05) is 0 Å². The normalized spacial score (nSPS) is 12.8. The molecule has 0 unspecified atom stereocenters. The Bertz CT molecular complexity index is 1040. The van der Waals surface area contributed by atoms with Crippen LogP contribution in [0.15, 0.2) is 27.9 Å². The summed E-state index contributed by atoms with van der Waals surface area (Å²) < 4.78 is 50.8. The third-order valence-electron chi connectivity index (χ3n) is 3.45. The number of benzene rings is 1. The Labute approximate surface area is 162 Å². The average molecular weight is 437 g/mol. The summed E-state index contributed by atoms with van der Waals surface area (Å²) in [5, 5.41) is 0.0933. The summed E-state index contributed by atoms with van der Waals surface area (Å²) >= 11 is 6.11. The first-order chi connectivity index (χ1) is 12.5. The van der Waals surface area contributed by atoms with E-state index < -0.39 is 23.2 Å². The molecule has 150 valence electrons. The third kappa shape index (κ3) is 4.80. The fraction of sp³-hybridized carbons (Fsp3) is 0.438.